The van der Waals surface area contributed by atoms with Crippen LogP contribution in [0.15, 0.2) is 22.5 Å². The summed E-state index contributed by atoms with van der Waals surface area (Å²) in [6.45, 7) is 5.43. The molecule has 1 aromatic heterocycles. The van der Waals surface area contributed by atoms with Crippen molar-refractivity contribution in [2.75, 3.05) is 28.7 Å². The Morgan fingerprint density at radius 1 is 1.39 bits per heavy atom. The zero-order valence-corrected chi connectivity index (χ0v) is 18.9. The molecule has 0 spiro atoms. The number of amides is 1. The van der Waals surface area contributed by atoms with Crippen LogP contribution < -0.4 is 14.4 Å². The lowest BCUT2D eigenvalue weighted by molar-refractivity contribution is -0.116. The first-order chi connectivity index (χ1) is 13.2. The highest BCUT2D eigenvalue weighted by Crippen LogP contribution is 2.33. The van der Waals surface area contributed by atoms with Gasteiger partial charge in [-0.05, 0) is 38.0 Å². The van der Waals surface area contributed by atoms with Crippen molar-refractivity contribution < 1.29 is 17.9 Å². The molecular weight excluding hydrogens is 420 g/mol. The van der Waals surface area contributed by atoms with Crippen LogP contribution in [0.2, 0.25) is 0 Å². The molecule has 154 valence electrons. The second-order valence-corrected chi connectivity index (χ2v) is 10.3. The van der Waals surface area contributed by atoms with Crippen molar-refractivity contribution in [2.45, 2.75) is 37.6 Å². The molecule has 1 heterocycles. The number of hydrogen-bond donors (Lipinski definition) is 1. The number of nitrogens with one attached hydrogen (secondary N) is 1. The van der Waals surface area contributed by atoms with Gasteiger partial charge in [0.2, 0.25) is 21.1 Å². The second-order valence-electron chi connectivity index (χ2n) is 6.12. The summed E-state index contributed by atoms with van der Waals surface area (Å²) in [6, 6.07) is 4.15. The first-order valence-corrected chi connectivity index (χ1v) is 12.2. The topological polar surface area (TPSA) is 101 Å². The average molecular weight is 445 g/mol. The van der Waals surface area contributed by atoms with Crippen LogP contribution in [0, 0.1) is 6.92 Å². The molecule has 0 fully saturated rings. The van der Waals surface area contributed by atoms with Gasteiger partial charge >= 0.3 is 0 Å². The van der Waals surface area contributed by atoms with Gasteiger partial charge in [0.15, 0.2) is 4.34 Å². The first-order valence-electron chi connectivity index (χ1n) is 8.58. The van der Waals surface area contributed by atoms with Crippen LogP contribution >= 0.6 is 23.1 Å². The number of nitrogens with zero attached hydrogens (tertiary/aromatic N) is 3. The van der Waals surface area contributed by atoms with E-state index >= 15 is 0 Å². The summed E-state index contributed by atoms with van der Waals surface area (Å²) < 4.78 is 32.1. The number of rotatable bonds is 9. The van der Waals surface area contributed by atoms with E-state index in [1.54, 1.807) is 23.9 Å². The number of sulfonamides is 1. The summed E-state index contributed by atoms with van der Waals surface area (Å²) >= 11 is 2.82. The third kappa shape index (κ3) is 5.58. The Kier molecular flexibility index (Phi) is 7.67. The van der Waals surface area contributed by atoms with Crippen molar-refractivity contribution >= 4 is 49.8 Å². The van der Waals surface area contributed by atoms with Gasteiger partial charge in [-0.1, -0.05) is 36.1 Å². The predicted molar refractivity (Wildman–Crippen MR) is 114 cm³/mol. The molecule has 0 unspecified atom stereocenters. The molecule has 0 aliphatic rings. The number of benzene rings is 1. The van der Waals surface area contributed by atoms with Gasteiger partial charge in [-0.2, -0.15) is 0 Å². The molecule has 1 aromatic carbocycles. The van der Waals surface area contributed by atoms with Crippen molar-refractivity contribution in [3.05, 3.63) is 23.8 Å². The van der Waals surface area contributed by atoms with Crippen molar-refractivity contribution in [1.82, 2.24) is 10.2 Å². The number of carbonyl (C=O) groups is 1. The molecule has 11 heteroatoms. The summed E-state index contributed by atoms with van der Waals surface area (Å²) in [5.41, 5.74) is 1.16. The molecule has 0 saturated carbocycles. The minimum atomic E-state index is -3.75. The molecule has 0 bridgehead atoms. The number of thioether (sulfide) groups is 1. The van der Waals surface area contributed by atoms with E-state index in [1.807, 2.05) is 13.0 Å². The van der Waals surface area contributed by atoms with Gasteiger partial charge in [0.05, 0.1) is 19.1 Å². The molecule has 1 N–H and O–H groups in total. The minimum Gasteiger partial charge on any atom is -0.495 e. The van der Waals surface area contributed by atoms with E-state index in [4.69, 9.17) is 4.74 Å². The zero-order chi connectivity index (χ0) is 20.9. The van der Waals surface area contributed by atoms with Gasteiger partial charge in [0, 0.05) is 5.75 Å². The highest BCUT2D eigenvalue weighted by atomic mass is 32.2. The van der Waals surface area contributed by atoms with Gasteiger partial charge in [0.1, 0.15) is 11.8 Å². The lowest BCUT2D eigenvalue weighted by Gasteiger charge is -2.29. The molecule has 8 nitrogen and oxygen atoms in total. The Balaban J connectivity index is 2.28. The first kappa shape index (κ1) is 22.4. The van der Waals surface area contributed by atoms with Crippen LogP contribution in [-0.4, -0.2) is 49.7 Å². The van der Waals surface area contributed by atoms with Gasteiger partial charge in [-0.25, -0.2) is 8.42 Å². The number of aryl methyl sites for hydroxylation is 1. The summed E-state index contributed by atoms with van der Waals surface area (Å²) in [4.78, 5) is 12.8. The van der Waals surface area contributed by atoms with E-state index in [0.717, 1.165) is 32.6 Å². The third-order valence-corrected chi connectivity index (χ3v) is 7.13. The van der Waals surface area contributed by atoms with Crippen molar-refractivity contribution in [3.63, 3.8) is 0 Å². The van der Waals surface area contributed by atoms with E-state index in [1.165, 1.54) is 25.4 Å². The highest BCUT2D eigenvalue weighted by Gasteiger charge is 2.31. The average Bonchev–Trinajstić information content (AvgIpc) is 3.06. The number of ether oxygens (including phenoxy) is 1. The maximum absolute atomic E-state index is 12.8. The lowest BCUT2D eigenvalue weighted by Crippen LogP contribution is -2.45. The number of hydrogen-bond acceptors (Lipinski definition) is 8. The summed E-state index contributed by atoms with van der Waals surface area (Å²) in [5, 5.41) is 11.0. The SMILES string of the molecule is CCCSc1nnc(NC(=O)[C@H](C)N(c2cc(C)ccc2OC)S(C)(=O)=O)s1. The summed E-state index contributed by atoms with van der Waals surface area (Å²) in [5.74, 6) is 0.774. The van der Waals surface area contributed by atoms with Crippen LogP contribution in [0.4, 0.5) is 10.8 Å². The van der Waals surface area contributed by atoms with Crippen LogP contribution in [0.25, 0.3) is 0 Å². The molecule has 0 aliphatic carbocycles. The third-order valence-electron chi connectivity index (χ3n) is 3.73. The Morgan fingerprint density at radius 2 is 2.11 bits per heavy atom. The Hall–Kier alpha value is -1.85. The lowest BCUT2D eigenvalue weighted by atomic mass is 10.2. The number of aromatic nitrogens is 2. The fraction of sp³-hybridized carbons (Fsp3) is 0.471. The molecule has 28 heavy (non-hydrogen) atoms. The number of methoxy groups -OCH3 is 1. The predicted octanol–water partition coefficient (Wildman–Crippen LogP) is 3.15. The molecule has 0 radical (unpaired) electrons. The standard InChI is InChI=1S/C17H24N4O4S3/c1-6-9-26-17-20-19-16(27-17)18-15(22)12(3)21(28(5,23)24)13-10-11(2)7-8-14(13)25-4/h7-8,10,12H,6,9H2,1-5H3,(H,18,19,22)/t12-/m0/s1. The van der Waals surface area contributed by atoms with E-state index in [-0.39, 0.29) is 0 Å². The zero-order valence-electron chi connectivity index (χ0n) is 16.4. The molecule has 1 atom stereocenters. The van der Waals surface area contributed by atoms with E-state index in [0.29, 0.717) is 16.6 Å². The van der Waals surface area contributed by atoms with Gasteiger partial charge in [-0.15, -0.1) is 10.2 Å². The highest BCUT2D eigenvalue weighted by molar-refractivity contribution is 8.01. The van der Waals surface area contributed by atoms with Crippen LogP contribution in [0.3, 0.4) is 0 Å². The normalized spacial score (nSPS) is 12.5. The number of carbonyl (C=O) groups excluding carboxylic acids is 1. The van der Waals surface area contributed by atoms with Crippen LogP contribution in [0.1, 0.15) is 25.8 Å². The maximum atomic E-state index is 12.8. The largest absolute Gasteiger partial charge is 0.495 e. The quantitative estimate of drug-likeness (QED) is 0.468. The Bertz CT molecular complexity index is 930. The van der Waals surface area contributed by atoms with Gasteiger partial charge < -0.3 is 4.74 Å². The smallest absolute Gasteiger partial charge is 0.249 e. The molecule has 2 aromatic rings. The molecular formula is C17H24N4O4S3. The maximum Gasteiger partial charge on any atom is 0.249 e. The van der Waals surface area contributed by atoms with E-state index in [9.17, 15) is 13.2 Å². The molecule has 1 amide bonds. The second kappa shape index (κ2) is 9.57. The van der Waals surface area contributed by atoms with Crippen molar-refractivity contribution in [2.24, 2.45) is 0 Å². The van der Waals surface area contributed by atoms with Crippen molar-refractivity contribution in [1.29, 1.82) is 0 Å². The molecule has 0 aliphatic heterocycles. The summed E-state index contributed by atoms with van der Waals surface area (Å²) in [6.07, 6.45) is 2.06. The molecule has 2 rings (SSSR count). The van der Waals surface area contributed by atoms with Crippen molar-refractivity contribution in [3.8, 4) is 5.75 Å². The van der Waals surface area contributed by atoms with E-state index in [2.05, 4.69) is 22.4 Å². The summed E-state index contributed by atoms with van der Waals surface area (Å²) in [7, 11) is -2.30. The van der Waals surface area contributed by atoms with E-state index < -0.39 is 22.0 Å². The van der Waals surface area contributed by atoms with Crippen LogP contribution in [-0.2, 0) is 14.8 Å². The fourth-order valence-electron chi connectivity index (χ4n) is 2.47. The monoisotopic (exact) mass is 444 g/mol. The Morgan fingerprint density at radius 3 is 2.71 bits per heavy atom. The van der Waals surface area contributed by atoms with Gasteiger partial charge in [-0.3, -0.25) is 14.4 Å². The Labute approximate surface area is 173 Å². The van der Waals surface area contributed by atoms with Crippen LogP contribution in [0.5, 0.6) is 5.75 Å². The fourth-order valence-corrected chi connectivity index (χ4v) is 5.32. The minimum absolute atomic E-state index is 0.309. The van der Waals surface area contributed by atoms with Gasteiger partial charge in [0.25, 0.3) is 0 Å². The number of anilines is 2. The molecule has 0 saturated heterocycles.